The van der Waals surface area contributed by atoms with E-state index in [1.165, 1.54) is 11.8 Å². The predicted octanol–water partition coefficient (Wildman–Crippen LogP) is 10.00. The van der Waals surface area contributed by atoms with Crippen molar-refractivity contribution in [3.63, 3.8) is 0 Å². The molecule has 0 bridgehead atoms. The van der Waals surface area contributed by atoms with Crippen molar-refractivity contribution in [2.24, 2.45) is 0 Å². The van der Waals surface area contributed by atoms with Crippen LogP contribution in [0.25, 0.3) is 11.1 Å². The van der Waals surface area contributed by atoms with Crippen LogP contribution < -0.4 is 15.4 Å². The molecule has 0 spiro atoms. The number of ether oxygens (including phenoxy) is 3. The van der Waals surface area contributed by atoms with Gasteiger partial charge in [-0.15, -0.1) is 11.8 Å². The maximum absolute atomic E-state index is 12.7. The minimum Gasteiger partial charge on any atom is -0.478 e. The number of anilines is 1. The van der Waals surface area contributed by atoms with E-state index in [2.05, 4.69) is 10.6 Å². The molecule has 10 heteroatoms. The van der Waals surface area contributed by atoms with Crippen molar-refractivity contribution in [3.05, 3.63) is 179 Å². The molecule has 0 aromatic heterocycles. The summed E-state index contributed by atoms with van der Waals surface area (Å²) in [5, 5.41) is 25.0. The van der Waals surface area contributed by atoms with Gasteiger partial charge in [0.2, 0.25) is 0 Å². The second-order valence-corrected chi connectivity index (χ2v) is 14.1. The molecule has 6 aromatic carbocycles. The van der Waals surface area contributed by atoms with Gasteiger partial charge in [-0.05, 0) is 82.4 Å². The summed E-state index contributed by atoms with van der Waals surface area (Å²) in [6.07, 6.45) is -0.542. The lowest BCUT2D eigenvalue weighted by Gasteiger charge is -2.36. The van der Waals surface area contributed by atoms with Crippen molar-refractivity contribution < 1.29 is 34.0 Å². The average Bonchev–Trinajstić information content (AvgIpc) is 3.23. The molecule has 4 N–H and O–H groups in total. The van der Waals surface area contributed by atoms with Crippen LogP contribution in [0.15, 0.2) is 157 Å². The van der Waals surface area contributed by atoms with Gasteiger partial charge < -0.3 is 35.1 Å². The first-order valence-electron chi connectivity index (χ1n) is 17.9. The number of aliphatic hydroxyl groups excluding tert-OH is 1. The third-order valence-electron chi connectivity index (χ3n) is 9.14. The number of aromatic carboxylic acids is 1. The molecule has 6 aromatic rings. The van der Waals surface area contributed by atoms with Crippen LogP contribution >= 0.6 is 11.8 Å². The lowest BCUT2D eigenvalue weighted by atomic mass is 9.99. The van der Waals surface area contributed by atoms with Crippen LogP contribution in [0.3, 0.4) is 0 Å². The van der Waals surface area contributed by atoms with Gasteiger partial charge >= 0.3 is 12.0 Å². The molecule has 3 atom stereocenters. The molecule has 1 saturated heterocycles. The fourth-order valence-corrected chi connectivity index (χ4v) is 7.32. The van der Waals surface area contributed by atoms with Crippen molar-refractivity contribution >= 4 is 29.4 Å². The van der Waals surface area contributed by atoms with E-state index < -0.39 is 12.3 Å². The third-order valence-corrected chi connectivity index (χ3v) is 10.3. The van der Waals surface area contributed by atoms with E-state index in [1.807, 2.05) is 115 Å². The van der Waals surface area contributed by atoms with E-state index in [-0.39, 0.29) is 30.4 Å². The van der Waals surface area contributed by atoms with Crippen LogP contribution in [-0.2, 0) is 22.6 Å². The number of urea groups is 1. The molecular weight excluding hydrogens is 713 g/mol. The van der Waals surface area contributed by atoms with Crippen molar-refractivity contribution in [1.82, 2.24) is 5.32 Å². The van der Waals surface area contributed by atoms with Crippen LogP contribution in [0.4, 0.5) is 10.5 Å². The smallest absolute Gasteiger partial charge is 0.336 e. The van der Waals surface area contributed by atoms with Gasteiger partial charge in [0.15, 0.2) is 6.29 Å². The highest BCUT2D eigenvalue weighted by Crippen LogP contribution is 2.40. The van der Waals surface area contributed by atoms with Gasteiger partial charge in [-0.1, -0.05) is 97.1 Å². The fourth-order valence-electron chi connectivity index (χ4n) is 6.26. The molecule has 0 radical (unpaired) electrons. The Morgan fingerprint density at radius 3 is 2.16 bits per heavy atom. The van der Waals surface area contributed by atoms with E-state index in [4.69, 9.17) is 14.2 Å². The third kappa shape index (κ3) is 10.00. The standard InChI is InChI=1S/C45H40N2O7S/c48-28-30-13-15-33(16-14-30)41-26-39(29-55-42-12-5-4-11-40(42)43(49)50)53-44(54-41)34-19-17-32(18-20-34)35-8-6-7-31(25-35)27-46-45(51)47-36-21-23-38(24-22-36)52-37-9-2-1-3-10-37/h1-25,39,41,44,48H,26-29H2,(H,49,50)(H2,46,47,51)/t39-,41+,44+/m0/s1. The molecule has 0 unspecified atom stereocenters. The molecule has 7 rings (SSSR count). The van der Waals surface area contributed by atoms with E-state index >= 15 is 0 Å². The highest BCUT2D eigenvalue weighted by atomic mass is 32.2. The molecule has 1 aliphatic rings. The Bertz CT molecular complexity index is 2200. The summed E-state index contributed by atoms with van der Waals surface area (Å²) >= 11 is 1.46. The number of carboxylic acid groups (broad SMARTS) is 1. The molecule has 2 amide bonds. The summed E-state index contributed by atoms with van der Waals surface area (Å²) in [7, 11) is 0. The quantitative estimate of drug-likeness (QED) is 0.0860. The molecule has 0 aliphatic carbocycles. The summed E-state index contributed by atoms with van der Waals surface area (Å²) in [5.74, 6) is 0.998. The number of nitrogens with one attached hydrogen (secondary N) is 2. The van der Waals surface area contributed by atoms with Gasteiger partial charge in [-0.3, -0.25) is 0 Å². The Labute approximate surface area is 323 Å². The monoisotopic (exact) mass is 752 g/mol. The first-order valence-corrected chi connectivity index (χ1v) is 18.9. The molecule has 1 heterocycles. The van der Waals surface area contributed by atoms with Crippen LogP contribution in [0.1, 0.15) is 51.4 Å². The van der Waals surface area contributed by atoms with E-state index in [0.29, 0.717) is 35.1 Å². The van der Waals surface area contributed by atoms with Gasteiger partial charge in [0.25, 0.3) is 0 Å². The lowest BCUT2D eigenvalue weighted by Crippen LogP contribution is -2.31. The van der Waals surface area contributed by atoms with Crippen LogP contribution in [0, 0.1) is 0 Å². The van der Waals surface area contributed by atoms with E-state index in [1.54, 1.807) is 36.4 Å². The summed E-state index contributed by atoms with van der Waals surface area (Å²) < 4.78 is 18.9. The molecule has 0 saturated carbocycles. The predicted molar refractivity (Wildman–Crippen MR) is 213 cm³/mol. The second-order valence-electron chi connectivity index (χ2n) is 13.0. The van der Waals surface area contributed by atoms with Crippen molar-refractivity contribution in [2.75, 3.05) is 11.1 Å². The Morgan fingerprint density at radius 1 is 0.709 bits per heavy atom. The van der Waals surface area contributed by atoms with Gasteiger partial charge in [-0.25, -0.2) is 9.59 Å². The Kier molecular flexibility index (Phi) is 12.2. The lowest BCUT2D eigenvalue weighted by molar-refractivity contribution is -0.245. The fraction of sp³-hybridized carbons (Fsp3) is 0.156. The normalized spacial score (nSPS) is 16.6. The largest absolute Gasteiger partial charge is 0.478 e. The van der Waals surface area contributed by atoms with Crippen molar-refractivity contribution in [3.8, 4) is 22.6 Å². The second kappa shape index (κ2) is 17.9. The number of para-hydroxylation sites is 1. The van der Waals surface area contributed by atoms with Crippen molar-refractivity contribution in [1.29, 1.82) is 0 Å². The number of benzene rings is 6. The first kappa shape index (κ1) is 37.4. The minimum atomic E-state index is -0.962. The number of rotatable bonds is 13. The van der Waals surface area contributed by atoms with Crippen LogP contribution in [0.2, 0.25) is 0 Å². The maximum Gasteiger partial charge on any atom is 0.336 e. The molecule has 55 heavy (non-hydrogen) atoms. The molecular formula is C45H40N2O7S. The Balaban J connectivity index is 0.984. The number of thioether (sulfide) groups is 1. The number of hydrogen-bond donors (Lipinski definition) is 4. The number of carbonyl (C=O) groups is 2. The highest BCUT2D eigenvalue weighted by molar-refractivity contribution is 7.99. The molecule has 9 nitrogen and oxygen atoms in total. The van der Waals surface area contributed by atoms with Gasteiger partial charge in [0, 0.05) is 34.9 Å². The summed E-state index contributed by atoms with van der Waals surface area (Å²) in [6.45, 7) is 0.302. The van der Waals surface area contributed by atoms with E-state index in [9.17, 15) is 19.8 Å². The zero-order chi connectivity index (χ0) is 38.0. The molecule has 1 aliphatic heterocycles. The number of carboxylic acids is 1. The number of aliphatic hydroxyl groups is 1. The zero-order valence-electron chi connectivity index (χ0n) is 29.8. The summed E-state index contributed by atoms with van der Waals surface area (Å²) in [6, 6.07) is 47.2. The Hall–Kier alpha value is -5.91. The number of hydrogen-bond acceptors (Lipinski definition) is 7. The highest BCUT2D eigenvalue weighted by Gasteiger charge is 2.32. The van der Waals surface area contributed by atoms with Crippen LogP contribution in [0.5, 0.6) is 11.5 Å². The molecule has 278 valence electrons. The van der Waals surface area contributed by atoms with Gasteiger partial charge in [-0.2, -0.15) is 0 Å². The average molecular weight is 753 g/mol. The minimum absolute atomic E-state index is 0.0392. The van der Waals surface area contributed by atoms with Crippen LogP contribution in [-0.4, -0.2) is 34.1 Å². The molecule has 1 fully saturated rings. The first-order chi connectivity index (χ1) is 26.9. The SMILES string of the molecule is O=C(NCc1cccc(-c2ccc([C@@H]3O[C@H](CSc4ccccc4C(=O)O)C[C@H](c4ccc(CO)cc4)O3)cc2)c1)Nc1ccc(Oc2ccccc2)cc1. The Morgan fingerprint density at radius 2 is 1.42 bits per heavy atom. The summed E-state index contributed by atoms with van der Waals surface area (Å²) in [4.78, 5) is 25.2. The maximum atomic E-state index is 12.7. The topological polar surface area (TPSA) is 126 Å². The van der Waals surface area contributed by atoms with Gasteiger partial charge in [0.05, 0.1) is 24.4 Å². The van der Waals surface area contributed by atoms with Gasteiger partial charge in [0.1, 0.15) is 11.5 Å². The van der Waals surface area contributed by atoms with E-state index in [0.717, 1.165) is 39.1 Å². The summed E-state index contributed by atoms with van der Waals surface area (Å²) in [5.41, 5.74) is 6.52. The zero-order valence-corrected chi connectivity index (χ0v) is 30.7. The number of carbonyl (C=O) groups excluding carboxylic acids is 1. The number of amides is 2. The van der Waals surface area contributed by atoms with Crippen molar-refractivity contribution in [2.45, 2.75) is 43.0 Å².